The van der Waals surface area contributed by atoms with E-state index in [4.69, 9.17) is 5.14 Å². The van der Waals surface area contributed by atoms with E-state index in [0.717, 1.165) is 31.2 Å². The Bertz CT molecular complexity index is 697. The molecular weight excluding hydrogens is 333 g/mol. The van der Waals surface area contributed by atoms with Gasteiger partial charge in [-0.3, -0.25) is 0 Å². The van der Waals surface area contributed by atoms with Gasteiger partial charge in [-0.05, 0) is 31.2 Å². The number of rotatable bonds is 5. The molecule has 0 saturated carbocycles. The van der Waals surface area contributed by atoms with Crippen LogP contribution in [-0.2, 0) is 20.0 Å². The van der Waals surface area contributed by atoms with Crippen LogP contribution in [0.5, 0.6) is 0 Å². The van der Waals surface area contributed by atoms with E-state index >= 15 is 0 Å². The summed E-state index contributed by atoms with van der Waals surface area (Å²) < 4.78 is 84.0. The van der Waals surface area contributed by atoms with Crippen molar-refractivity contribution in [1.29, 1.82) is 0 Å². The van der Waals surface area contributed by atoms with Crippen molar-refractivity contribution in [3.8, 4) is 0 Å². The number of sulfonamides is 2. The Labute approximate surface area is 120 Å². The molecule has 11 heteroatoms. The minimum atomic E-state index is -4.50. The molecule has 21 heavy (non-hydrogen) atoms. The lowest BCUT2D eigenvalue weighted by Gasteiger charge is -2.16. The van der Waals surface area contributed by atoms with Gasteiger partial charge in [-0.2, -0.15) is 13.2 Å². The molecule has 120 valence electrons. The van der Waals surface area contributed by atoms with Gasteiger partial charge in [0, 0.05) is 6.04 Å². The molecule has 1 unspecified atom stereocenters. The van der Waals surface area contributed by atoms with Crippen LogP contribution in [0.2, 0.25) is 0 Å². The van der Waals surface area contributed by atoms with Crippen LogP contribution in [0, 0.1) is 0 Å². The van der Waals surface area contributed by atoms with Gasteiger partial charge in [-0.25, -0.2) is 26.7 Å². The third-order valence-electron chi connectivity index (χ3n) is 2.36. The first kappa shape index (κ1) is 17.9. The summed E-state index contributed by atoms with van der Waals surface area (Å²) in [4.78, 5) is -0.659. The lowest BCUT2D eigenvalue weighted by atomic mass is 10.2. The van der Waals surface area contributed by atoms with Gasteiger partial charge < -0.3 is 0 Å². The zero-order valence-corrected chi connectivity index (χ0v) is 12.4. The zero-order chi connectivity index (χ0) is 16.5. The summed E-state index contributed by atoms with van der Waals surface area (Å²) >= 11 is 0. The first-order valence-corrected chi connectivity index (χ1v) is 8.56. The monoisotopic (exact) mass is 346 g/mol. The molecular formula is C10H13F3N2O4S2. The topological polar surface area (TPSA) is 106 Å². The highest BCUT2D eigenvalue weighted by atomic mass is 32.2. The molecule has 1 rings (SSSR count). The third-order valence-corrected chi connectivity index (χ3v) is 4.89. The number of primary sulfonamides is 1. The van der Waals surface area contributed by atoms with Crippen molar-refractivity contribution in [3.05, 3.63) is 24.3 Å². The molecule has 0 heterocycles. The summed E-state index contributed by atoms with van der Waals surface area (Å²) in [7, 11) is -8.16. The summed E-state index contributed by atoms with van der Waals surface area (Å²) in [6, 6.07) is 2.45. The van der Waals surface area contributed by atoms with Crippen LogP contribution in [-0.4, -0.2) is 29.1 Å². The van der Waals surface area contributed by atoms with E-state index in [-0.39, 0.29) is 9.79 Å². The second-order valence-corrected chi connectivity index (χ2v) is 7.63. The Kier molecular flexibility index (Phi) is 5.03. The lowest BCUT2D eigenvalue weighted by molar-refractivity contribution is -0.137. The number of nitrogens with two attached hydrogens (primary N) is 1. The van der Waals surface area contributed by atoms with E-state index in [1.54, 1.807) is 0 Å². The van der Waals surface area contributed by atoms with Gasteiger partial charge in [-0.15, -0.1) is 0 Å². The molecule has 1 atom stereocenters. The molecule has 0 aliphatic carbocycles. The van der Waals surface area contributed by atoms with E-state index in [1.165, 1.54) is 0 Å². The maximum absolute atomic E-state index is 12.2. The number of nitrogens with one attached hydrogen (secondary N) is 1. The van der Waals surface area contributed by atoms with Crippen LogP contribution in [0.15, 0.2) is 34.1 Å². The molecule has 0 spiro atoms. The minimum Gasteiger partial charge on any atom is -0.225 e. The van der Waals surface area contributed by atoms with Crippen molar-refractivity contribution in [2.75, 3.05) is 0 Å². The van der Waals surface area contributed by atoms with E-state index in [2.05, 4.69) is 0 Å². The summed E-state index contributed by atoms with van der Waals surface area (Å²) in [5.41, 5.74) is 0. The normalized spacial score (nSPS) is 14.9. The number of benzene rings is 1. The molecule has 0 aromatic heterocycles. The SMILES string of the molecule is CC(CC(F)(F)F)NS(=O)(=O)c1ccc(S(N)(=O)=O)cc1. The van der Waals surface area contributed by atoms with E-state index in [9.17, 15) is 30.0 Å². The average molecular weight is 346 g/mol. The van der Waals surface area contributed by atoms with Gasteiger partial charge in [0.05, 0.1) is 16.2 Å². The Morgan fingerprint density at radius 1 is 1.10 bits per heavy atom. The van der Waals surface area contributed by atoms with Crippen molar-refractivity contribution in [1.82, 2.24) is 4.72 Å². The highest BCUT2D eigenvalue weighted by Crippen LogP contribution is 2.22. The number of hydrogen-bond acceptors (Lipinski definition) is 4. The average Bonchev–Trinajstić information content (AvgIpc) is 2.24. The van der Waals surface area contributed by atoms with Gasteiger partial charge in [0.15, 0.2) is 0 Å². The molecule has 3 N–H and O–H groups in total. The molecule has 1 aromatic rings. The minimum absolute atomic E-state index is 0.301. The predicted molar refractivity (Wildman–Crippen MR) is 68.3 cm³/mol. The molecule has 0 bridgehead atoms. The lowest BCUT2D eigenvalue weighted by Crippen LogP contribution is -2.35. The summed E-state index contributed by atoms with van der Waals surface area (Å²) in [6.07, 6.45) is -5.82. The maximum Gasteiger partial charge on any atom is 0.390 e. The number of halogens is 3. The quantitative estimate of drug-likeness (QED) is 0.828. The van der Waals surface area contributed by atoms with Gasteiger partial charge in [-0.1, -0.05) is 0 Å². The van der Waals surface area contributed by atoms with Crippen LogP contribution < -0.4 is 9.86 Å². The van der Waals surface area contributed by atoms with Gasteiger partial charge in [0.1, 0.15) is 0 Å². The molecule has 0 amide bonds. The van der Waals surface area contributed by atoms with Crippen LogP contribution >= 0.6 is 0 Å². The summed E-state index contributed by atoms with van der Waals surface area (Å²) in [6.45, 7) is 1.07. The van der Waals surface area contributed by atoms with Crippen molar-refractivity contribution in [2.45, 2.75) is 35.4 Å². The Hall–Kier alpha value is -1.17. The van der Waals surface area contributed by atoms with Crippen molar-refractivity contribution in [3.63, 3.8) is 0 Å². The first-order valence-electron chi connectivity index (χ1n) is 5.53. The fourth-order valence-corrected chi connectivity index (χ4v) is 3.29. The second kappa shape index (κ2) is 5.91. The van der Waals surface area contributed by atoms with Crippen LogP contribution in [0.3, 0.4) is 0 Å². The molecule has 1 aromatic carbocycles. The molecule has 0 radical (unpaired) electrons. The molecule has 0 aliphatic heterocycles. The Balaban J connectivity index is 2.94. The van der Waals surface area contributed by atoms with Gasteiger partial charge in [0.2, 0.25) is 20.0 Å². The van der Waals surface area contributed by atoms with Crippen LogP contribution in [0.1, 0.15) is 13.3 Å². The van der Waals surface area contributed by atoms with Crippen molar-refractivity contribution in [2.24, 2.45) is 5.14 Å². The predicted octanol–water partition coefficient (Wildman–Crippen LogP) is 0.953. The fraction of sp³-hybridized carbons (Fsp3) is 0.400. The molecule has 0 fully saturated rings. The number of alkyl halides is 3. The van der Waals surface area contributed by atoms with Crippen LogP contribution in [0.4, 0.5) is 13.2 Å². The van der Waals surface area contributed by atoms with Gasteiger partial charge >= 0.3 is 6.18 Å². The zero-order valence-electron chi connectivity index (χ0n) is 10.8. The first-order chi connectivity index (χ1) is 9.31. The van der Waals surface area contributed by atoms with Crippen molar-refractivity contribution >= 4 is 20.0 Å². The second-order valence-electron chi connectivity index (χ2n) is 4.36. The van der Waals surface area contributed by atoms with E-state index in [1.807, 2.05) is 4.72 Å². The van der Waals surface area contributed by atoms with E-state index in [0.29, 0.717) is 0 Å². The summed E-state index contributed by atoms with van der Waals surface area (Å²) in [5, 5.41) is 4.85. The van der Waals surface area contributed by atoms with Crippen molar-refractivity contribution < 1.29 is 30.0 Å². The summed E-state index contributed by atoms with van der Waals surface area (Å²) in [5.74, 6) is 0. The molecule has 0 aliphatic rings. The van der Waals surface area contributed by atoms with Crippen LogP contribution in [0.25, 0.3) is 0 Å². The number of hydrogen-bond donors (Lipinski definition) is 2. The Morgan fingerprint density at radius 3 is 1.90 bits per heavy atom. The fourth-order valence-electron chi connectivity index (χ4n) is 1.53. The largest absolute Gasteiger partial charge is 0.390 e. The molecule has 6 nitrogen and oxygen atoms in total. The molecule has 0 saturated heterocycles. The highest BCUT2D eigenvalue weighted by molar-refractivity contribution is 7.89. The Morgan fingerprint density at radius 2 is 1.52 bits per heavy atom. The third kappa shape index (κ3) is 5.61. The van der Waals surface area contributed by atoms with Gasteiger partial charge in [0.25, 0.3) is 0 Å². The van der Waals surface area contributed by atoms with E-state index < -0.39 is 38.7 Å². The maximum atomic E-state index is 12.2. The smallest absolute Gasteiger partial charge is 0.225 e. The highest BCUT2D eigenvalue weighted by Gasteiger charge is 2.32. The standard InChI is InChI=1S/C10H13F3N2O4S2/c1-7(6-10(11,12)13)15-21(18,19)9-4-2-8(3-5-9)20(14,16)17/h2-5,7,15H,6H2,1H3,(H2,14,16,17).